The van der Waals surface area contributed by atoms with Gasteiger partial charge in [0.25, 0.3) is 5.91 Å². The lowest BCUT2D eigenvalue weighted by Gasteiger charge is -2.58. The van der Waals surface area contributed by atoms with Gasteiger partial charge in [0.05, 0.1) is 5.41 Å². The highest BCUT2D eigenvalue weighted by atomic mass is 35.5. The third-order valence-corrected chi connectivity index (χ3v) is 7.58. The van der Waals surface area contributed by atoms with Crippen LogP contribution in [-0.2, 0) is 27.2 Å². The van der Waals surface area contributed by atoms with Crippen molar-refractivity contribution in [3.63, 3.8) is 0 Å². The number of hydrogen-bond acceptors (Lipinski definition) is 3. The number of alkyl halides is 1. The summed E-state index contributed by atoms with van der Waals surface area (Å²) in [5, 5.41) is 2.87. The summed E-state index contributed by atoms with van der Waals surface area (Å²) in [6.45, 7) is -0.220. The Balaban J connectivity index is 1.20. The van der Waals surface area contributed by atoms with Crippen molar-refractivity contribution in [2.75, 3.05) is 11.9 Å². The zero-order valence-electron chi connectivity index (χ0n) is 15.6. The molecule has 6 rings (SSSR count). The van der Waals surface area contributed by atoms with E-state index in [1.165, 1.54) is 24.0 Å². The number of aryl methyl sites for hydroxylation is 2. The highest BCUT2D eigenvalue weighted by Crippen LogP contribution is 2.64. The first-order valence-corrected chi connectivity index (χ1v) is 10.6. The lowest BCUT2D eigenvalue weighted by molar-refractivity contribution is -0.171. The lowest BCUT2D eigenvalue weighted by atomic mass is 9.49. The molecule has 4 fully saturated rings. The summed E-state index contributed by atoms with van der Waals surface area (Å²) in [7, 11) is 0. The molecule has 4 atom stereocenters. The molecule has 5 heteroatoms. The van der Waals surface area contributed by atoms with E-state index in [0.29, 0.717) is 18.3 Å². The van der Waals surface area contributed by atoms with Crippen LogP contribution in [-0.4, -0.2) is 23.4 Å². The highest BCUT2D eigenvalue weighted by molar-refractivity contribution is 6.24. The standard InChI is InChI=1S/C22H26ClNO3/c23-22-10-14-6-15(11-22)9-21(8-14,13-22)20(26)27-12-19(25)24-18-5-4-16-2-1-3-17(16)7-18/h4-5,7,14-15H,1-3,6,8-13H2,(H,24,25)/t14-,15+,21?,22?. The summed E-state index contributed by atoms with van der Waals surface area (Å²) in [5.74, 6) is 0.588. The number of esters is 1. The van der Waals surface area contributed by atoms with Crippen LogP contribution in [0.4, 0.5) is 5.69 Å². The van der Waals surface area contributed by atoms with Crippen LogP contribution < -0.4 is 5.32 Å². The van der Waals surface area contributed by atoms with Gasteiger partial charge in [-0.15, -0.1) is 11.6 Å². The van der Waals surface area contributed by atoms with Gasteiger partial charge < -0.3 is 10.1 Å². The number of benzene rings is 1. The summed E-state index contributed by atoms with van der Waals surface area (Å²) in [6.07, 6.45) is 9.08. The predicted molar refractivity (Wildman–Crippen MR) is 104 cm³/mol. The molecule has 0 spiro atoms. The molecule has 1 aromatic carbocycles. The number of nitrogens with one attached hydrogen (secondary N) is 1. The molecule has 2 unspecified atom stereocenters. The number of rotatable bonds is 4. The second-order valence-corrected chi connectivity index (χ2v) is 10.2. The number of hydrogen-bond donors (Lipinski definition) is 1. The lowest BCUT2D eigenvalue weighted by Crippen LogP contribution is -2.56. The highest BCUT2D eigenvalue weighted by Gasteiger charge is 2.60. The minimum atomic E-state index is -0.459. The van der Waals surface area contributed by atoms with E-state index in [9.17, 15) is 9.59 Å². The van der Waals surface area contributed by atoms with E-state index < -0.39 is 5.41 Å². The van der Waals surface area contributed by atoms with Gasteiger partial charge in [-0.2, -0.15) is 0 Å². The van der Waals surface area contributed by atoms with Crippen LogP contribution in [0.15, 0.2) is 18.2 Å². The summed E-state index contributed by atoms with van der Waals surface area (Å²) < 4.78 is 5.49. The Bertz CT molecular complexity index is 791. The van der Waals surface area contributed by atoms with Crippen molar-refractivity contribution in [2.24, 2.45) is 17.3 Å². The molecule has 4 nitrogen and oxygen atoms in total. The Hall–Kier alpha value is -1.55. The van der Waals surface area contributed by atoms with E-state index in [2.05, 4.69) is 11.4 Å². The number of amides is 1. The number of carbonyl (C=O) groups excluding carboxylic acids is 2. The van der Waals surface area contributed by atoms with Gasteiger partial charge in [0, 0.05) is 10.6 Å². The van der Waals surface area contributed by atoms with Crippen LogP contribution in [0.25, 0.3) is 0 Å². The fraction of sp³-hybridized carbons (Fsp3) is 0.636. The molecule has 1 N–H and O–H groups in total. The first kappa shape index (κ1) is 17.5. The minimum Gasteiger partial charge on any atom is -0.455 e. The van der Waals surface area contributed by atoms with Gasteiger partial charge in [-0.05, 0) is 92.9 Å². The van der Waals surface area contributed by atoms with Gasteiger partial charge in [-0.1, -0.05) is 6.07 Å². The average Bonchev–Trinajstić information content (AvgIpc) is 3.05. The van der Waals surface area contributed by atoms with Crippen molar-refractivity contribution in [3.05, 3.63) is 29.3 Å². The first-order valence-electron chi connectivity index (χ1n) is 10.2. The Morgan fingerprint density at radius 2 is 1.85 bits per heavy atom. The molecule has 0 heterocycles. The average molecular weight is 388 g/mol. The molecule has 1 amide bonds. The molecule has 0 radical (unpaired) electrons. The number of fused-ring (bicyclic) bond motifs is 1. The van der Waals surface area contributed by atoms with Crippen molar-refractivity contribution in [3.8, 4) is 0 Å². The van der Waals surface area contributed by atoms with E-state index in [4.69, 9.17) is 16.3 Å². The fourth-order valence-electron chi connectivity index (χ4n) is 6.52. The fourth-order valence-corrected chi connectivity index (χ4v) is 7.21. The quantitative estimate of drug-likeness (QED) is 0.621. The Morgan fingerprint density at radius 1 is 1.11 bits per heavy atom. The molecular weight excluding hydrogens is 362 g/mol. The van der Waals surface area contributed by atoms with E-state index in [1.807, 2.05) is 12.1 Å². The summed E-state index contributed by atoms with van der Waals surface area (Å²) >= 11 is 6.79. The summed E-state index contributed by atoms with van der Waals surface area (Å²) in [6, 6.07) is 6.05. The second kappa shape index (κ2) is 6.23. The third kappa shape index (κ3) is 3.16. The van der Waals surface area contributed by atoms with Gasteiger partial charge in [-0.3, -0.25) is 9.59 Å². The van der Waals surface area contributed by atoms with Crippen LogP contribution in [0, 0.1) is 17.3 Å². The van der Waals surface area contributed by atoms with Crippen molar-refractivity contribution in [2.45, 2.75) is 62.7 Å². The van der Waals surface area contributed by atoms with E-state index in [1.54, 1.807) is 0 Å². The third-order valence-electron chi connectivity index (χ3n) is 7.14. The number of ether oxygens (including phenoxy) is 1. The molecule has 144 valence electrons. The first-order chi connectivity index (χ1) is 12.9. The van der Waals surface area contributed by atoms with Crippen LogP contribution in [0.5, 0.6) is 0 Å². The van der Waals surface area contributed by atoms with E-state index in [-0.39, 0.29) is 23.4 Å². The van der Waals surface area contributed by atoms with Gasteiger partial charge >= 0.3 is 5.97 Å². The molecule has 1 aromatic rings. The SMILES string of the molecule is O=C(COC(=O)C12C[C@@H]3C[C@@H](CC(Cl)(C3)C1)C2)Nc1ccc2c(c1)CCC2. The molecule has 5 aliphatic carbocycles. The molecule has 5 aliphatic rings. The van der Waals surface area contributed by atoms with Gasteiger partial charge in [0.15, 0.2) is 6.61 Å². The largest absolute Gasteiger partial charge is 0.455 e. The van der Waals surface area contributed by atoms with Crippen molar-refractivity contribution in [1.29, 1.82) is 0 Å². The predicted octanol–water partition coefficient (Wildman–Crippen LogP) is 4.23. The summed E-state index contributed by atoms with van der Waals surface area (Å²) in [5.41, 5.74) is 3.01. The van der Waals surface area contributed by atoms with Gasteiger partial charge in [0.2, 0.25) is 0 Å². The van der Waals surface area contributed by atoms with Crippen molar-refractivity contribution < 1.29 is 14.3 Å². The van der Waals surface area contributed by atoms with Crippen LogP contribution in [0.1, 0.15) is 56.1 Å². The van der Waals surface area contributed by atoms with Crippen LogP contribution in [0.3, 0.4) is 0 Å². The number of anilines is 1. The molecule has 0 saturated heterocycles. The zero-order chi connectivity index (χ0) is 18.6. The van der Waals surface area contributed by atoms with Gasteiger partial charge in [0.1, 0.15) is 0 Å². The van der Waals surface area contributed by atoms with E-state index in [0.717, 1.165) is 44.2 Å². The van der Waals surface area contributed by atoms with Gasteiger partial charge in [-0.25, -0.2) is 0 Å². The smallest absolute Gasteiger partial charge is 0.312 e. The topological polar surface area (TPSA) is 55.4 Å². The molecule has 0 aliphatic heterocycles. The maximum Gasteiger partial charge on any atom is 0.312 e. The summed E-state index contributed by atoms with van der Waals surface area (Å²) in [4.78, 5) is 25.0. The normalized spacial score (nSPS) is 35.7. The van der Waals surface area contributed by atoms with Crippen molar-refractivity contribution >= 4 is 29.2 Å². The Morgan fingerprint density at radius 3 is 2.59 bits per heavy atom. The molecule has 4 saturated carbocycles. The molecular formula is C22H26ClNO3. The maximum atomic E-state index is 12.9. The zero-order valence-corrected chi connectivity index (χ0v) is 16.3. The van der Waals surface area contributed by atoms with Crippen molar-refractivity contribution in [1.82, 2.24) is 0 Å². The molecule has 27 heavy (non-hydrogen) atoms. The number of carbonyl (C=O) groups is 2. The van der Waals surface area contributed by atoms with Crippen LogP contribution >= 0.6 is 11.6 Å². The monoisotopic (exact) mass is 387 g/mol. The van der Waals surface area contributed by atoms with E-state index >= 15 is 0 Å². The second-order valence-electron chi connectivity index (χ2n) is 9.35. The maximum absolute atomic E-state index is 12.9. The van der Waals surface area contributed by atoms with Crippen LogP contribution in [0.2, 0.25) is 0 Å². The Labute approximate surface area is 165 Å². The molecule has 4 bridgehead atoms. The number of halogens is 1. The minimum absolute atomic E-state index is 0.217. The Kier molecular flexibility index (Phi) is 4.05. The molecule has 0 aromatic heterocycles.